The summed E-state index contributed by atoms with van der Waals surface area (Å²) in [5.41, 5.74) is 1.95. The van der Waals surface area contributed by atoms with Gasteiger partial charge in [0.1, 0.15) is 4.83 Å². The van der Waals surface area contributed by atoms with E-state index in [9.17, 15) is 0 Å². The lowest BCUT2D eigenvalue weighted by molar-refractivity contribution is 0.444. The van der Waals surface area contributed by atoms with Crippen LogP contribution < -0.4 is 5.32 Å². The van der Waals surface area contributed by atoms with Crippen molar-refractivity contribution in [1.82, 2.24) is 15.2 Å². The van der Waals surface area contributed by atoms with Gasteiger partial charge in [-0.2, -0.15) is 5.10 Å². The van der Waals surface area contributed by atoms with Crippen molar-refractivity contribution in [1.29, 1.82) is 0 Å². The van der Waals surface area contributed by atoms with E-state index in [1.807, 2.05) is 20.0 Å². The van der Waals surface area contributed by atoms with Crippen molar-refractivity contribution in [3.8, 4) is 0 Å². The highest BCUT2D eigenvalue weighted by Crippen LogP contribution is 2.40. The van der Waals surface area contributed by atoms with E-state index in [1.165, 1.54) is 19.3 Å². The summed E-state index contributed by atoms with van der Waals surface area (Å²) < 4.78 is 1.13. The van der Waals surface area contributed by atoms with E-state index >= 15 is 0 Å². The summed E-state index contributed by atoms with van der Waals surface area (Å²) in [6, 6.07) is 0.537. The summed E-state index contributed by atoms with van der Waals surface area (Å²) in [7, 11) is 0. The lowest BCUT2D eigenvalue weighted by atomic mass is 9.93. The van der Waals surface area contributed by atoms with Gasteiger partial charge in [-0.05, 0) is 38.7 Å². The fourth-order valence-corrected chi connectivity index (χ4v) is 4.12. The Bertz CT molecular complexity index is 854. The van der Waals surface area contributed by atoms with Crippen molar-refractivity contribution >= 4 is 49.1 Å². The second-order valence-electron chi connectivity index (χ2n) is 5.63. The standard InChI is InChI=1S/C15H15ClN4S/c1-7-11-10-6-17-20-14(19-9-4-3-5-9)13(10)21-15(11)18-8(2)12(7)16/h6,9H,3-5H2,1-2H3,(H,19,20). The Labute approximate surface area is 131 Å². The van der Waals surface area contributed by atoms with Crippen LogP contribution in [-0.2, 0) is 0 Å². The van der Waals surface area contributed by atoms with Gasteiger partial charge in [0.05, 0.1) is 21.6 Å². The molecule has 21 heavy (non-hydrogen) atoms. The smallest absolute Gasteiger partial charge is 0.167 e. The van der Waals surface area contributed by atoms with Gasteiger partial charge in [0.15, 0.2) is 5.82 Å². The minimum absolute atomic E-state index is 0.537. The molecule has 1 aliphatic rings. The Morgan fingerprint density at radius 2 is 2.14 bits per heavy atom. The third kappa shape index (κ3) is 1.99. The number of pyridine rings is 1. The number of aryl methyl sites for hydroxylation is 2. The van der Waals surface area contributed by atoms with Crippen LogP contribution in [0.3, 0.4) is 0 Å². The minimum atomic E-state index is 0.537. The molecule has 0 atom stereocenters. The van der Waals surface area contributed by atoms with Gasteiger partial charge < -0.3 is 5.32 Å². The molecule has 3 aromatic rings. The van der Waals surface area contributed by atoms with Crippen molar-refractivity contribution < 1.29 is 0 Å². The van der Waals surface area contributed by atoms with Gasteiger partial charge >= 0.3 is 0 Å². The van der Waals surface area contributed by atoms with Gasteiger partial charge in [-0.1, -0.05) is 11.6 Å². The van der Waals surface area contributed by atoms with Crippen molar-refractivity contribution in [2.24, 2.45) is 0 Å². The first kappa shape index (κ1) is 13.2. The molecule has 0 spiro atoms. The maximum atomic E-state index is 6.36. The topological polar surface area (TPSA) is 50.7 Å². The molecule has 6 heteroatoms. The molecular weight excluding hydrogens is 304 g/mol. The molecule has 1 N–H and O–H groups in total. The van der Waals surface area contributed by atoms with Gasteiger partial charge in [0, 0.05) is 16.8 Å². The number of hydrogen-bond acceptors (Lipinski definition) is 5. The number of nitrogens with one attached hydrogen (secondary N) is 1. The first-order valence-corrected chi connectivity index (χ1v) is 8.31. The number of thiophene rings is 1. The average molecular weight is 319 g/mol. The molecule has 0 bridgehead atoms. The fraction of sp³-hybridized carbons (Fsp3) is 0.400. The van der Waals surface area contributed by atoms with Crippen LogP contribution in [0.25, 0.3) is 20.3 Å². The van der Waals surface area contributed by atoms with Gasteiger partial charge in [-0.3, -0.25) is 0 Å². The molecule has 4 nitrogen and oxygen atoms in total. The molecule has 0 saturated heterocycles. The maximum absolute atomic E-state index is 6.36. The van der Waals surface area contributed by atoms with Gasteiger partial charge in [0.2, 0.25) is 0 Å². The monoisotopic (exact) mass is 318 g/mol. The summed E-state index contributed by atoms with van der Waals surface area (Å²) >= 11 is 8.03. The molecule has 3 heterocycles. The molecule has 0 amide bonds. The Balaban J connectivity index is 1.98. The van der Waals surface area contributed by atoms with Crippen LogP contribution in [0, 0.1) is 13.8 Å². The van der Waals surface area contributed by atoms with Crippen LogP contribution in [0.2, 0.25) is 5.02 Å². The Morgan fingerprint density at radius 1 is 1.33 bits per heavy atom. The van der Waals surface area contributed by atoms with E-state index in [0.717, 1.165) is 42.4 Å². The van der Waals surface area contributed by atoms with Crippen LogP contribution >= 0.6 is 22.9 Å². The van der Waals surface area contributed by atoms with Gasteiger partial charge in [0.25, 0.3) is 0 Å². The molecule has 1 aliphatic carbocycles. The molecule has 108 valence electrons. The SMILES string of the molecule is Cc1nc2sc3c(NC4CCC4)nncc3c2c(C)c1Cl. The Morgan fingerprint density at radius 3 is 2.86 bits per heavy atom. The van der Waals surface area contributed by atoms with Crippen LogP contribution in [0.1, 0.15) is 30.5 Å². The molecule has 0 radical (unpaired) electrons. The zero-order valence-electron chi connectivity index (χ0n) is 11.9. The lowest BCUT2D eigenvalue weighted by Gasteiger charge is -2.26. The Hall–Kier alpha value is -1.46. The highest BCUT2D eigenvalue weighted by Gasteiger charge is 2.21. The van der Waals surface area contributed by atoms with Crippen LogP contribution in [-0.4, -0.2) is 21.2 Å². The first-order chi connectivity index (χ1) is 10.1. The molecule has 1 fully saturated rings. The number of fused-ring (bicyclic) bond motifs is 3. The van der Waals surface area contributed by atoms with Crippen molar-refractivity contribution in [2.45, 2.75) is 39.2 Å². The van der Waals surface area contributed by atoms with E-state index in [2.05, 4.69) is 20.5 Å². The lowest BCUT2D eigenvalue weighted by Crippen LogP contribution is -2.27. The van der Waals surface area contributed by atoms with Crippen LogP contribution in [0.5, 0.6) is 0 Å². The summed E-state index contributed by atoms with van der Waals surface area (Å²) in [6.45, 7) is 3.99. The molecule has 3 aromatic heterocycles. The summed E-state index contributed by atoms with van der Waals surface area (Å²) in [5.74, 6) is 0.883. The normalized spacial score (nSPS) is 15.6. The van der Waals surface area contributed by atoms with E-state index in [-0.39, 0.29) is 0 Å². The first-order valence-electron chi connectivity index (χ1n) is 7.12. The van der Waals surface area contributed by atoms with Gasteiger partial charge in [-0.25, -0.2) is 4.98 Å². The number of rotatable bonds is 2. The number of hydrogen-bond donors (Lipinski definition) is 1. The third-order valence-electron chi connectivity index (χ3n) is 4.22. The van der Waals surface area contributed by atoms with E-state index in [1.54, 1.807) is 11.3 Å². The van der Waals surface area contributed by atoms with E-state index < -0.39 is 0 Å². The second kappa shape index (κ2) is 4.78. The molecule has 4 rings (SSSR count). The molecule has 0 aromatic carbocycles. The quantitative estimate of drug-likeness (QED) is 0.757. The maximum Gasteiger partial charge on any atom is 0.167 e. The molecule has 0 unspecified atom stereocenters. The fourth-order valence-electron chi connectivity index (χ4n) is 2.78. The number of aromatic nitrogens is 3. The van der Waals surface area contributed by atoms with E-state index in [0.29, 0.717) is 6.04 Å². The highest BCUT2D eigenvalue weighted by molar-refractivity contribution is 7.26. The molecular formula is C15H15ClN4S. The zero-order valence-corrected chi connectivity index (χ0v) is 13.5. The number of nitrogens with zero attached hydrogens (tertiary/aromatic N) is 3. The second-order valence-corrected chi connectivity index (χ2v) is 7.00. The largest absolute Gasteiger partial charge is 0.365 e. The number of halogens is 1. The summed E-state index contributed by atoms with van der Waals surface area (Å²) in [6.07, 6.45) is 5.54. The molecule has 1 saturated carbocycles. The average Bonchev–Trinajstić information content (AvgIpc) is 2.79. The minimum Gasteiger partial charge on any atom is -0.365 e. The van der Waals surface area contributed by atoms with Crippen LogP contribution in [0.15, 0.2) is 6.20 Å². The van der Waals surface area contributed by atoms with Crippen molar-refractivity contribution in [3.05, 3.63) is 22.5 Å². The third-order valence-corrected chi connectivity index (χ3v) is 5.89. The molecule has 0 aliphatic heterocycles. The van der Waals surface area contributed by atoms with Gasteiger partial charge in [-0.15, -0.1) is 16.4 Å². The van der Waals surface area contributed by atoms with Crippen molar-refractivity contribution in [2.75, 3.05) is 5.32 Å². The van der Waals surface area contributed by atoms with Crippen molar-refractivity contribution in [3.63, 3.8) is 0 Å². The summed E-state index contributed by atoms with van der Waals surface area (Å²) in [5, 5.41) is 14.9. The van der Waals surface area contributed by atoms with E-state index in [4.69, 9.17) is 11.6 Å². The number of anilines is 1. The highest BCUT2D eigenvalue weighted by atomic mass is 35.5. The zero-order chi connectivity index (χ0) is 14.6. The predicted molar refractivity (Wildman–Crippen MR) is 88.5 cm³/mol. The Kier molecular flexibility index (Phi) is 3.01. The summed E-state index contributed by atoms with van der Waals surface area (Å²) in [4.78, 5) is 5.64. The predicted octanol–water partition coefficient (Wildman–Crippen LogP) is 4.47. The van der Waals surface area contributed by atoms with Crippen LogP contribution in [0.4, 0.5) is 5.82 Å².